The van der Waals surface area contributed by atoms with Gasteiger partial charge in [-0.2, -0.15) is 0 Å². The fraction of sp³-hybridized carbons (Fsp3) is 0.941. The number of likely N-dealkylation sites (tertiary alicyclic amines) is 1. The van der Waals surface area contributed by atoms with E-state index in [0.29, 0.717) is 11.8 Å². The molecule has 5 heteroatoms. The molecule has 22 heavy (non-hydrogen) atoms. The number of nitrogens with one attached hydrogen (secondary N) is 1. The largest absolute Gasteiger partial charge is 0.379 e. The van der Waals surface area contributed by atoms with Crippen molar-refractivity contribution in [3.05, 3.63) is 0 Å². The van der Waals surface area contributed by atoms with E-state index >= 15 is 0 Å². The van der Waals surface area contributed by atoms with E-state index in [9.17, 15) is 4.79 Å². The lowest BCUT2D eigenvalue weighted by molar-refractivity contribution is -0.133. The predicted molar refractivity (Wildman–Crippen MR) is 86.8 cm³/mol. The second kappa shape index (κ2) is 8.27. The number of hydrogen-bond acceptors (Lipinski definition) is 4. The maximum atomic E-state index is 12.5. The minimum Gasteiger partial charge on any atom is -0.379 e. The van der Waals surface area contributed by atoms with Gasteiger partial charge in [-0.05, 0) is 50.6 Å². The number of nitrogens with zero attached hydrogens (tertiary/aromatic N) is 2. The Morgan fingerprint density at radius 1 is 1.14 bits per heavy atom. The van der Waals surface area contributed by atoms with E-state index in [1.807, 2.05) is 0 Å². The number of morpholine rings is 1. The molecule has 0 aromatic heterocycles. The van der Waals surface area contributed by atoms with Crippen LogP contribution in [0.15, 0.2) is 0 Å². The number of rotatable bonds is 5. The number of carbonyl (C=O) groups excluding carboxylic acids is 1. The SMILES string of the molecule is O=C(CCC1CCNC1)N1CCCC(CN2CCOCC2)C1. The topological polar surface area (TPSA) is 44.8 Å². The van der Waals surface area contributed by atoms with Gasteiger partial charge in [0.2, 0.25) is 5.91 Å². The van der Waals surface area contributed by atoms with E-state index in [-0.39, 0.29) is 0 Å². The fourth-order valence-electron chi connectivity index (χ4n) is 4.04. The molecule has 126 valence electrons. The third kappa shape index (κ3) is 4.67. The Bertz CT molecular complexity index is 352. The van der Waals surface area contributed by atoms with Crippen LogP contribution in [0.4, 0.5) is 0 Å². The van der Waals surface area contributed by atoms with Gasteiger partial charge in [-0.15, -0.1) is 0 Å². The maximum Gasteiger partial charge on any atom is 0.222 e. The van der Waals surface area contributed by atoms with Crippen LogP contribution in [-0.4, -0.2) is 74.7 Å². The van der Waals surface area contributed by atoms with Crippen molar-refractivity contribution in [2.75, 3.05) is 59.0 Å². The van der Waals surface area contributed by atoms with Gasteiger partial charge in [0.15, 0.2) is 0 Å². The lowest BCUT2D eigenvalue weighted by Gasteiger charge is -2.37. The Morgan fingerprint density at radius 3 is 2.77 bits per heavy atom. The zero-order valence-electron chi connectivity index (χ0n) is 13.8. The lowest BCUT2D eigenvalue weighted by atomic mass is 9.96. The molecule has 0 radical (unpaired) electrons. The number of piperidine rings is 1. The summed E-state index contributed by atoms with van der Waals surface area (Å²) in [5.74, 6) is 1.76. The van der Waals surface area contributed by atoms with Gasteiger partial charge in [0.05, 0.1) is 13.2 Å². The standard InChI is InChI=1S/C17H31N3O2/c21-17(4-3-15-5-6-18-12-15)20-7-1-2-16(14-20)13-19-8-10-22-11-9-19/h15-16,18H,1-14H2. The Hall–Kier alpha value is -0.650. The van der Waals surface area contributed by atoms with Crippen LogP contribution >= 0.6 is 0 Å². The van der Waals surface area contributed by atoms with Crippen LogP contribution in [0.5, 0.6) is 0 Å². The van der Waals surface area contributed by atoms with Gasteiger partial charge in [-0.3, -0.25) is 9.69 Å². The zero-order valence-corrected chi connectivity index (χ0v) is 13.8. The van der Waals surface area contributed by atoms with Crippen LogP contribution in [0.1, 0.15) is 32.1 Å². The van der Waals surface area contributed by atoms with Crippen molar-refractivity contribution in [1.29, 1.82) is 0 Å². The van der Waals surface area contributed by atoms with Crippen LogP contribution in [0.3, 0.4) is 0 Å². The fourth-order valence-corrected chi connectivity index (χ4v) is 4.04. The van der Waals surface area contributed by atoms with Gasteiger partial charge in [-0.25, -0.2) is 0 Å². The van der Waals surface area contributed by atoms with Crippen LogP contribution in [0, 0.1) is 11.8 Å². The molecule has 1 N–H and O–H groups in total. The van der Waals surface area contributed by atoms with Crippen molar-refractivity contribution in [3.63, 3.8) is 0 Å². The lowest BCUT2D eigenvalue weighted by Crippen LogP contribution is -2.46. The molecule has 2 unspecified atom stereocenters. The molecule has 3 heterocycles. The third-order valence-corrected chi connectivity index (χ3v) is 5.42. The molecular weight excluding hydrogens is 278 g/mol. The summed E-state index contributed by atoms with van der Waals surface area (Å²) in [6, 6.07) is 0. The number of amides is 1. The van der Waals surface area contributed by atoms with Crippen molar-refractivity contribution in [3.8, 4) is 0 Å². The van der Waals surface area contributed by atoms with E-state index < -0.39 is 0 Å². The summed E-state index contributed by atoms with van der Waals surface area (Å²) < 4.78 is 5.42. The van der Waals surface area contributed by atoms with Crippen LogP contribution < -0.4 is 5.32 Å². The number of carbonyl (C=O) groups is 1. The minimum absolute atomic E-state index is 0.388. The summed E-state index contributed by atoms with van der Waals surface area (Å²) in [6.07, 6.45) is 5.50. The van der Waals surface area contributed by atoms with Gasteiger partial charge in [0, 0.05) is 39.1 Å². The van der Waals surface area contributed by atoms with Crippen molar-refractivity contribution >= 4 is 5.91 Å². The van der Waals surface area contributed by atoms with Gasteiger partial charge in [-0.1, -0.05) is 0 Å². The van der Waals surface area contributed by atoms with Crippen molar-refractivity contribution in [2.24, 2.45) is 11.8 Å². The predicted octanol–water partition coefficient (Wildman–Crippen LogP) is 0.947. The Kier molecular flexibility index (Phi) is 6.10. The molecule has 1 amide bonds. The van der Waals surface area contributed by atoms with Gasteiger partial charge >= 0.3 is 0 Å². The molecule has 0 aliphatic carbocycles. The summed E-state index contributed by atoms with van der Waals surface area (Å²) in [7, 11) is 0. The number of ether oxygens (including phenoxy) is 1. The Balaban J connectivity index is 1.39. The summed E-state index contributed by atoms with van der Waals surface area (Å²) in [4.78, 5) is 17.1. The monoisotopic (exact) mass is 309 g/mol. The molecule has 3 rings (SSSR count). The van der Waals surface area contributed by atoms with Crippen LogP contribution in [-0.2, 0) is 9.53 Å². The second-order valence-corrected chi connectivity index (χ2v) is 7.16. The highest BCUT2D eigenvalue weighted by Gasteiger charge is 2.26. The minimum atomic E-state index is 0.388. The summed E-state index contributed by atoms with van der Waals surface area (Å²) in [6.45, 7) is 9.16. The van der Waals surface area contributed by atoms with E-state index in [1.165, 1.54) is 19.3 Å². The molecule has 2 atom stereocenters. The summed E-state index contributed by atoms with van der Waals surface area (Å²) in [5, 5.41) is 3.39. The normalized spacial score (nSPS) is 30.6. The highest BCUT2D eigenvalue weighted by Crippen LogP contribution is 2.21. The average molecular weight is 309 g/mol. The van der Waals surface area contributed by atoms with Crippen LogP contribution in [0.25, 0.3) is 0 Å². The van der Waals surface area contributed by atoms with E-state index in [1.54, 1.807) is 0 Å². The highest BCUT2D eigenvalue weighted by atomic mass is 16.5. The molecular formula is C17H31N3O2. The maximum absolute atomic E-state index is 12.5. The van der Waals surface area contributed by atoms with E-state index in [4.69, 9.17) is 4.74 Å². The van der Waals surface area contributed by atoms with Crippen molar-refractivity contribution in [2.45, 2.75) is 32.1 Å². The van der Waals surface area contributed by atoms with Crippen molar-refractivity contribution in [1.82, 2.24) is 15.1 Å². The molecule has 3 aliphatic heterocycles. The summed E-state index contributed by atoms with van der Waals surface area (Å²) >= 11 is 0. The molecule has 3 fully saturated rings. The first-order valence-corrected chi connectivity index (χ1v) is 9.10. The van der Waals surface area contributed by atoms with Gasteiger partial charge < -0.3 is 15.0 Å². The Morgan fingerprint density at radius 2 is 2.00 bits per heavy atom. The smallest absolute Gasteiger partial charge is 0.222 e. The van der Waals surface area contributed by atoms with Gasteiger partial charge in [0.25, 0.3) is 0 Å². The third-order valence-electron chi connectivity index (χ3n) is 5.42. The molecule has 0 spiro atoms. The molecule has 3 saturated heterocycles. The van der Waals surface area contributed by atoms with E-state index in [0.717, 1.165) is 77.8 Å². The first-order valence-electron chi connectivity index (χ1n) is 9.10. The zero-order chi connectivity index (χ0) is 15.2. The highest BCUT2D eigenvalue weighted by molar-refractivity contribution is 5.76. The first kappa shape index (κ1) is 16.2. The molecule has 3 aliphatic rings. The molecule has 0 aromatic carbocycles. The average Bonchev–Trinajstić information content (AvgIpc) is 3.07. The molecule has 0 bridgehead atoms. The van der Waals surface area contributed by atoms with Crippen molar-refractivity contribution < 1.29 is 9.53 Å². The first-order chi connectivity index (χ1) is 10.8. The Labute approximate surface area is 134 Å². The quantitative estimate of drug-likeness (QED) is 0.821. The van der Waals surface area contributed by atoms with Gasteiger partial charge in [0.1, 0.15) is 0 Å². The second-order valence-electron chi connectivity index (χ2n) is 7.16. The van der Waals surface area contributed by atoms with Crippen LogP contribution in [0.2, 0.25) is 0 Å². The summed E-state index contributed by atoms with van der Waals surface area (Å²) in [5.41, 5.74) is 0. The van der Waals surface area contributed by atoms with E-state index in [2.05, 4.69) is 15.1 Å². The molecule has 0 saturated carbocycles. The number of hydrogen-bond donors (Lipinski definition) is 1. The molecule has 0 aromatic rings. The molecule has 5 nitrogen and oxygen atoms in total.